The van der Waals surface area contributed by atoms with Crippen molar-refractivity contribution in [1.82, 2.24) is 9.97 Å². The molecule has 0 atom stereocenters. The summed E-state index contributed by atoms with van der Waals surface area (Å²) in [6.45, 7) is 5.68. The van der Waals surface area contributed by atoms with Crippen LogP contribution in [0.25, 0.3) is 26.2 Å². The molecule has 0 aliphatic carbocycles. The van der Waals surface area contributed by atoms with Gasteiger partial charge in [-0.1, -0.05) is 43.7 Å². The lowest BCUT2D eigenvalue weighted by Gasteiger charge is -2.16. The van der Waals surface area contributed by atoms with Gasteiger partial charge in [-0.25, -0.2) is 9.97 Å². The standard InChI is InChI=1S/C20H23N2O4PS/c1-5-14(15(6-2)27(23,24)25)16-17-19(26-4)21-11-22-20(17)28-18(16)13-9-7-12(3)8-10-13/h7-11H,5-6H2,1-4H3,(H2,23,24,25). The van der Waals surface area contributed by atoms with E-state index in [1.807, 2.05) is 38.1 Å². The summed E-state index contributed by atoms with van der Waals surface area (Å²) in [5.74, 6) is 0.404. The second-order valence-electron chi connectivity index (χ2n) is 6.41. The summed E-state index contributed by atoms with van der Waals surface area (Å²) in [5.41, 5.74) is 3.49. The third kappa shape index (κ3) is 3.76. The minimum atomic E-state index is -4.41. The first-order chi connectivity index (χ1) is 13.3. The van der Waals surface area contributed by atoms with Crippen LogP contribution < -0.4 is 4.74 Å². The number of hydrogen-bond acceptors (Lipinski definition) is 5. The number of methoxy groups -OCH3 is 1. The molecule has 0 spiro atoms. The first-order valence-electron chi connectivity index (χ1n) is 8.98. The summed E-state index contributed by atoms with van der Waals surface area (Å²) >= 11 is 1.48. The van der Waals surface area contributed by atoms with Crippen LogP contribution >= 0.6 is 18.9 Å². The molecule has 3 aromatic rings. The Morgan fingerprint density at radius 1 is 1.14 bits per heavy atom. The van der Waals surface area contributed by atoms with Crippen molar-refractivity contribution in [3.63, 3.8) is 0 Å². The number of allylic oxidation sites excluding steroid dienone is 2. The number of fused-ring (bicyclic) bond motifs is 1. The van der Waals surface area contributed by atoms with Crippen molar-refractivity contribution in [2.45, 2.75) is 33.6 Å². The molecule has 0 unspecified atom stereocenters. The summed E-state index contributed by atoms with van der Waals surface area (Å²) in [5, 5.41) is 0.843. The number of thiophene rings is 1. The van der Waals surface area contributed by atoms with Crippen LogP contribution in [-0.2, 0) is 4.57 Å². The van der Waals surface area contributed by atoms with Gasteiger partial charge in [-0.15, -0.1) is 11.3 Å². The molecule has 0 saturated heterocycles. The lowest BCUT2D eigenvalue weighted by Crippen LogP contribution is -1.96. The van der Waals surface area contributed by atoms with Crippen LogP contribution in [-0.4, -0.2) is 26.9 Å². The third-order valence-corrected chi connectivity index (χ3v) is 7.09. The molecule has 1 aromatic carbocycles. The second kappa shape index (κ2) is 8.13. The van der Waals surface area contributed by atoms with Crippen molar-refractivity contribution in [3.05, 3.63) is 47.0 Å². The van der Waals surface area contributed by atoms with Gasteiger partial charge in [-0.05, 0) is 30.9 Å². The predicted octanol–water partition coefficient (Wildman–Crippen LogP) is 5.38. The smallest absolute Gasteiger partial charge is 0.352 e. The van der Waals surface area contributed by atoms with Crippen LogP contribution in [0.4, 0.5) is 0 Å². The largest absolute Gasteiger partial charge is 0.480 e. The molecular weight excluding hydrogens is 395 g/mol. The molecule has 0 bridgehead atoms. The Balaban J connectivity index is 2.48. The van der Waals surface area contributed by atoms with E-state index in [0.29, 0.717) is 23.3 Å². The third-order valence-electron chi connectivity index (χ3n) is 4.65. The summed E-state index contributed by atoms with van der Waals surface area (Å²) in [6.07, 6.45) is 2.17. The molecule has 0 amide bonds. The lowest BCUT2D eigenvalue weighted by molar-refractivity contribution is 0.381. The van der Waals surface area contributed by atoms with Crippen molar-refractivity contribution in [2.75, 3.05) is 7.11 Å². The van der Waals surface area contributed by atoms with Crippen LogP contribution in [0.2, 0.25) is 0 Å². The SMILES string of the molecule is CCC(=C(CC)P(=O)(O)O)c1c(-c2ccc(C)cc2)sc2ncnc(OC)c12. The second-order valence-corrected chi connectivity index (χ2v) is 9.04. The fourth-order valence-electron chi connectivity index (χ4n) is 3.38. The Kier molecular flexibility index (Phi) is 6.01. The molecule has 0 radical (unpaired) electrons. The number of nitrogens with zero attached hydrogens (tertiary/aromatic N) is 2. The van der Waals surface area contributed by atoms with Crippen molar-refractivity contribution >= 4 is 34.7 Å². The first kappa shape index (κ1) is 20.7. The van der Waals surface area contributed by atoms with E-state index in [4.69, 9.17) is 4.74 Å². The molecule has 148 valence electrons. The van der Waals surface area contributed by atoms with Gasteiger partial charge in [0.2, 0.25) is 5.88 Å². The summed E-state index contributed by atoms with van der Waals surface area (Å²) in [4.78, 5) is 30.2. The van der Waals surface area contributed by atoms with E-state index in [-0.39, 0.29) is 11.7 Å². The molecule has 2 heterocycles. The highest BCUT2D eigenvalue weighted by Gasteiger charge is 2.28. The normalized spacial score (nSPS) is 12.9. The van der Waals surface area contributed by atoms with Crippen molar-refractivity contribution in [1.29, 1.82) is 0 Å². The van der Waals surface area contributed by atoms with Crippen LogP contribution in [0.1, 0.15) is 37.8 Å². The molecule has 0 aliphatic rings. The summed E-state index contributed by atoms with van der Waals surface area (Å²) < 4.78 is 17.7. The average Bonchev–Trinajstić information content (AvgIpc) is 3.04. The Morgan fingerprint density at radius 2 is 1.82 bits per heavy atom. The van der Waals surface area contributed by atoms with E-state index < -0.39 is 7.60 Å². The number of hydrogen-bond donors (Lipinski definition) is 2. The number of rotatable bonds is 6. The molecule has 0 fully saturated rings. The molecular formula is C20H23N2O4PS. The molecule has 0 saturated carbocycles. The topological polar surface area (TPSA) is 92.5 Å². The fourth-order valence-corrected chi connectivity index (χ4v) is 5.58. The molecule has 2 N–H and O–H groups in total. The van der Waals surface area contributed by atoms with Gasteiger partial charge in [-0.3, -0.25) is 4.57 Å². The molecule has 2 aromatic heterocycles. The van der Waals surface area contributed by atoms with Crippen LogP contribution in [0.15, 0.2) is 35.9 Å². The number of aryl methyl sites for hydroxylation is 1. The maximum absolute atomic E-state index is 12.2. The zero-order valence-electron chi connectivity index (χ0n) is 16.3. The molecule has 28 heavy (non-hydrogen) atoms. The van der Waals surface area contributed by atoms with Gasteiger partial charge in [0.25, 0.3) is 0 Å². The Bertz CT molecular complexity index is 1080. The van der Waals surface area contributed by atoms with Gasteiger partial charge < -0.3 is 14.5 Å². The Labute approximate surface area is 168 Å². The number of benzene rings is 1. The monoisotopic (exact) mass is 418 g/mol. The van der Waals surface area contributed by atoms with E-state index in [9.17, 15) is 14.4 Å². The van der Waals surface area contributed by atoms with Gasteiger partial charge in [0.1, 0.15) is 11.2 Å². The number of ether oxygens (including phenoxy) is 1. The molecule has 3 rings (SSSR count). The highest BCUT2D eigenvalue weighted by molar-refractivity contribution is 7.56. The minimum Gasteiger partial charge on any atom is -0.480 e. The maximum atomic E-state index is 12.2. The summed E-state index contributed by atoms with van der Waals surface area (Å²) in [7, 11) is -2.87. The van der Waals surface area contributed by atoms with Crippen molar-refractivity contribution in [3.8, 4) is 16.3 Å². The lowest BCUT2D eigenvalue weighted by atomic mass is 9.96. The van der Waals surface area contributed by atoms with Gasteiger partial charge in [0.15, 0.2) is 0 Å². The van der Waals surface area contributed by atoms with Gasteiger partial charge in [-0.2, -0.15) is 0 Å². The molecule has 8 heteroatoms. The van der Waals surface area contributed by atoms with Crippen LogP contribution in [0.5, 0.6) is 5.88 Å². The predicted molar refractivity (Wildman–Crippen MR) is 114 cm³/mol. The van der Waals surface area contributed by atoms with Crippen molar-refractivity contribution < 1.29 is 19.1 Å². The van der Waals surface area contributed by atoms with Gasteiger partial charge >= 0.3 is 7.60 Å². The van der Waals surface area contributed by atoms with Crippen molar-refractivity contribution in [2.24, 2.45) is 0 Å². The highest BCUT2D eigenvalue weighted by atomic mass is 32.1. The zero-order chi connectivity index (χ0) is 20.5. The molecule has 6 nitrogen and oxygen atoms in total. The first-order valence-corrected chi connectivity index (χ1v) is 11.4. The Morgan fingerprint density at radius 3 is 2.36 bits per heavy atom. The van der Waals surface area contributed by atoms with E-state index in [1.165, 1.54) is 24.8 Å². The van der Waals surface area contributed by atoms with Crippen LogP contribution in [0.3, 0.4) is 0 Å². The quantitative estimate of drug-likeness (QED) is 0.522. The fraction of sp³-hybridized carbons (Fsp3) is 0.300. The van der Waals surface area contributed by atoms with E-state index >= 15 is 0 Å². The summed E-state index contributed by atoms with van der Waals surface area (Å²) in [6, 6.07) is 8.07. The van der Waals surface area contributed by atoms with E-state index in [1.54, 1.807) is 6.92 Å². The minimum absolute atomic E-state index is 0.147. The van der Waals surface area contributed by atoms with Gasteiger partial charge in [0, 0.05) is 15.8 Å². The van der Waals surface area contributed by atoms with E-state index in [0.717, 1.165) is 26.4 Å². The highest BCUT2D eigenvalue weighted by Crippen LogP contribution is 2.54. The van der Waals surface area contributed by atoms with E-state index in [2.05, 4.69) is 9.97 Å². The van der Waals surface area contributed by atoms with Crippen LogP contribution in [0, 0.1) is 6.92 Å². The maximum Gasteiger partial charge on any atom is 0.352 e. The molecule has 0 aliphatic heterocycles. The number of aromatic nitrogens is 2. The zero-order valence-corrected chi connectivity index (χ0v) is 18.0. The Hall–Kier alpha value is -2.05. The van der Waals surface area contributed by atoms with Gasteiger partial charge in [0.05, 0.1) is 12.5 Å². The average molecular weight is 418 g/mol.